The van der Waals surface area contributed by atoms with Crippen molar-refractivity contribution in [3.05, 3.63) is 64.7 Å². The van der Waals surface area contributed by atoms with E-state index in [1.165, 1.54) is 22.5 Å². The van der Waals surface area contributed by atoms with Gasteiger partial charge in [0, 0.05) is 24.2 Å². The van der Waals surface area contributed by atoms with Crippen LogP contribution in [0.25, 0.3) is 0 Å². The molecule has 7 heteroatoms. The molecular weight excluding hydrogens is 374 g/mol. The Morgan fingerprint density at radius 2 is 1.85 bits per heavy atom. The van der Waals surface area contributed by atoms with E-state index in [1.54, 1.807) is 31.3 Å². The quantitative estimate of drug-likeness (QED) is 0.606. The minimum atomic E-state index is -3.57. The SMILES string of the molecule is CCCN(C)S(=O)(=O)c1ccc(Cl)c(COCC(=O)c2ccccc2)c1. The molecule has 0 fully saturated rings. The van der Waals surface area contributed by atoms with Crippen LogP contribution < -0.4 is 0 Å². The van der Waals surface area contributed by atoms with Gasteiger partial charge in [0.2, 0.25) is 10.0 Å². The maximum Gasteiger partial charge on any atom is 0.242 e. The molecule has 0 saturated carbocycles. The van der Waals surface area contributed by atoms with Gasteiger partial charge >= 0.3 is 0 Å². The largest absolute Gasteiger partial charge is 0.369 e. The number of sulfonamides is 1. The molecule has 0 amide bonds. The first-order valence-corrected chi connectivity index (χ1v) is 10.1. The van der Waals surface area contributed by atoms with E-state index in [0.717, 1.165) is 6.42 Å². The number of hydrogen-bond donors (Lipinski definition) is 0. The van der Waals surface area contributed by atoms with Crippen molar-refractivity contribution in [3.8, 4) is 0 Å². The van der Waals surface area contributed by atoms with Crippen molar-refractivity contribution in [2.45, 2.75) is 24.8 Å². The number of nitrogens with zero attached hydrogens (tertiary/aromatic N) is 1. The number of carbonyl (C=O) groups is 1. The molecule has 0 heterocycles. The lowest BCUT2D eigenvalue weighted by Gasteiger charge is -2.17. The third-order valence-corrected chi connectivity index (χ3v) is 6.07. The van der Waals surface area contributed by atoms with Gasteiger partial charge in [-0.25, -0.2) is 12.7 Å². The Morgan fingerprint density at radius 1 is 1.15 bits per heavy atom. The molecule has 0 atom stereocenters. The number of hydrogen-bond acceptors (Lipinski definition) is 4. The van der Waals surface area contributed by atoms with Crippen molar-refractivity contribution in [2.75, 3.05) is 20.2 Å². The molecule has 0 unspecified atom stereocenters. The fourth-order valence-corrected chi connectivity index (χ4v) is 3.88. The second-order valence-electron chi connectivity index (χ2n) is 5.86. The molecule has 0 N–H and O–H groups in total. The van der Waals surface area contributed by atoms with Crippen LogP contribution in [0.3, 0.4) is 0 Å². The minimum Gasteiger partial charge on any atom is -0.369 e. The molecule has 0 aliphatic rings. The van der Waals surface area contributed by atoms with Crippen molar-refractivity contribution >= 4 is 27.4 Å². The predicted molar refractivity (Wildman–Crippen MR) is 102 cm³/mol. The fourth-order valence-electron chi connectivity index (χ4n) is 2.40. The molecule has 2 rings (SSSR count). The highest BCUT2D eigenvalue weighted by Gasteiger charge is 2.21. The van der Waals surface area contributed by atoms with Crippen LogP contribution >= 0.6 is 11.6 Å². The van der Waals surface area contributed by atoms with Gasteiger partial charge in [-0.1, -0.05) is 48.9 Å². The highest BCUT2D eigenvalue weighted by molar-refractivity contribution is 7.89. The Balaban J connectivity index is 2.07. The van der Waals surface area contributed by atoms with E-state index < -0.39 is 10.0 Å². The van der Waals surface area contributed by atoms with Crippen LogP contribution in [0.15, 0.2) is 53.4 Å². The van der Waals surface area contributed by atoms with E-state index in [4.69, 9.17) is 16.3 Å². The average molecular weight is 396 g/mol. The lowest BCUT2D eigenvalue weighted by molar-refractivity contribution is 0.0726. The summed E-state index contributed by atoms with van der Waals surface area (Å²) in [6, 6.07) is 13.3. The zero-order valence-electron chi connectivity index (χ0n) is 14.8. The summed E-state index contributed by atoms with van der Waals surface area (Å²) in [5.74, 6) is -0.145. The van der Waals surface area contributed by atoms with Gasteiger partial charge in [0.05, 0.1) is 11.5 Å². The number of Topliss-reactive ketones (excluding diaryl/α,β-unsaturated/α-hetero) is 1. The van der Waals surface area contributed by atoms with Crippen LogP contribution in [0.5, 0.6) is 0 Å². The Morgan fingerprint density at radius 3 is 2.50 bits per heavy atom. The Bertz CT molecular complexity index is 853. The molecule has 0 saturated heterocycles. The zero-order chi connectivity index (χ0) is 19.2. The summed E-state index contributed by atoms with van der Waals surface area (Å²) in [5.41, 5.74) is 1.09. The standard InChI is InChI=1S/C19H22ClNO4S/c1-3-11-21(2)26(23,24)17-9-10-18(20)16(12-17)13-25-14-19(22)15-7-5-4-6-8-15/h4-10,12H,3,11,13-14H2,1-2H3. The van der Waals surface area contributed by atoms with E-state index >= 15 is 0 Å². The molecule has 0 spiro atoms. The number of ketones is 1. The Hall–Kier alpha value is -1.73. The maximum atomic E-state index is 12.5. The van der Waals surface area contributed by atoms with E-state index in [0.29, 0.717) is 22.7 Å². The van der Waals surface area contributed by atoms with Crippen LogP contribution in [0.2, 0.25) is 5.02 Å². The van der Waals surface area contributed by atoms with Gasteiger partial charge in [0.15, 0.2) is 5.78 Å². The third kappa shape index (κ3) is 5.14. The number of carbonyl (C=O) groups excluding carboxylic acids is 1. The van der Waals surface area contributed by atoms with Crippen LogP contribution in [0.4, 0.5) is 0 Å². The van der Waals surface area contributed by atoms with Gasteiger partial charge < -0.3 is 4.74 Å². The van der Waals surface area contributed by atoms with E-state index in [1.807, 2.05) is 13.0 Å². The summed E-state index contributed by atoms with van der Waals surface area (Å²) in [5, 5.41) is 0.397. The topological polar surface area (TPSA) is 63.7 Å². The van der Waals surface area contributed by atoms with Crippen molar-refractivity contribution in [1.29, 1.82) is 0 Å². The molecule has 2 aromatic rings. The highest BCUT2D eigenvalue weighted by atomic mass is 35.5. The van der Waals surface area contributed by atoms with Crippen LogP contribution in [0.1, 0.15) is 29.3 Å². The zero-order valence-corrected chi connectivity index (χ0v) is 16.4. The number of halogens is 1. The van der Waals surface area contributed by atoms with Crippen LogP contribution in [-0.2, 0) is 21.4 Å². The first-order valence-electron chi connectivity index (χ1n) is 8.27. The van der Waals surface area contributed by atoms with Gasteiger partial charge in [-0.15, -0.1) is 0 Å². The number of rotatable bonds is 9. The van der Waals surface area contributed by atoms with Crippen LogP contribution in [0, 0.1) is 0 Å². The second-order valence-corrected chi connectivity index (χ2v) is 8.31. The van der Waals surface area contributed by atoms with Crippen molar-refractivity contribution in [3.63, 3.8) is 0 Å². The maximum absolute atomic E-state index is 12.5. The first kappa shape index (κ1) is 20.6. The predicted octanol–water partition coefficient (Wildman–Crippen LogP) is 3.77. The molecular formula is C19H22ClNO4S. The normalized spacial score (nSPS) is 11.7. The van der Waals surface area contributed by atoms with Gasteiger partial charge in [-0.2, -0.15) is 0 Å². The number of ether oxygens (including phenoxy) is 1. The summed E-state index contributed by atoms with van der Waals surface area (Å²) < 4.78 is 31.8. The molecule has 0 aromatic heterocycles. The van der Waals surface area contributed by atoms with Crippen molar-refractivity contribution < 1.29 is 17.9 Å². The lowest BCUT2D eigenvalue weighted by Crippen LogP contribution is -2.27. The molecule has 0 aliphatic carbocycles. The summed E-state index contributed by atoms with van der Waals surface area (Å²) in [7, 11) is -2.03. The molecule has 140 valence electrons. The van der Waals surface area contributed by atoms with Crippen molar-refractivity contribution in [1.82, 2.24) is 4.31 Å². The molecule has 5 nitrogen and oxygen atoms in total. The van der Waals surface area contributed by atoms with E-state index in [2.05, 4.69) is 0 Å². The first-order chi connectivity index (χ1) is 12.4. The minimum absolute atomic E-state index is 0.0538. The monoisotopic (exact) mass is 395 g/mol. The van der Waals surface area contributed by atoms with Gasteiger partial charge in [-0.05, 0) is 30.2 Å². The van der Waals surface area contributed by atoms with E-state index in [9.17, 15) is 13.2 Å². The van der Waals surface area contributed by atoms with Gasteiger partial charge in [0.1, 0.15) is 6.61 Å². The Labute approximate surface area is 159 Å². The summed E-state index contributed by atoms with van der Waals surface area (Å²) in [6.45, 7) is 2.30. The van der Waals surface area contributed by atoms with Gasteiger partial charge in [0.25, 0.3) is 0 Å². The molecule has 0 aliphatic heterocycles. The van der Waals surface area contributed by atoms with E-state index in [-0.39, 0.29) is 23.9 Å². The highest BCUT2D eigenvalue weighted by Crippen LogP contribution is 2.23. The summed E-state index contributed by atoms with van der Waals surface area (Å²) in [6.07, 6.45) is 0.723. The molecule has 2 aromatic carbocycles. The summed E-state index contributed by atoms with van der Waals surface area (Å²) in [4.78, 5) is 12.2. The van der Waals surface area contributed by atoms with Crippen molar-refractivity contribution in [2.24, 2.45) is 0 Å². The smallest absolute Gasteiger partial charge is 0.242 e. The average Bonchev–Trinajstić information content (AvgIpc) is 2.63. The number of benzene rings is 2. The molecule has 0 radical (unpaired) electrons. The second kappa shape index (κ2) is 9.28. The fraction of sp³-hybridized carbons (Fsp3) is 0.316. The van der Waals surface area contributed by atoms with Crippen LogP contribution in [-0.4, -0.2) is 38.7 Å². The Kier molecular flexibility index (Phi) is 7.34. The lowest BCUT2D eigenvalue weighted by atomic mass is 10.1. The third-order valence-electron chi connectivity index (χ3n) is 3.85. The summed E-state index contributed by atoms with van der Waals surface area (Å²) >= 11 is 6.15. The molecule has 0 bridgehead atoms. The molecule has 26 heavy (non-hydrogen) atoms. The van der Waals surface area contributed by atoms with Gasteiger partial charge in [-0.3, -0.25) is 4.79 Å².